The molecule has 90 valence electrons. The maximum atomic E-state index is 5.40. The Bertz CT molecular complexity index is 550. The highest BCUT2D eigenvalue weighted by Crippen LogP contribution is 2.25. The average Bonchev–Trinajstić information content (AvgIpc) is 2.42. The van der Waals surface area contributed by atoms with Gasteiger partial charge in [-0.1, -0.05) is 54.5 Å². The topological polar surface area (TPSA) is 9.23 Å². The Balaban J connectivity index is 2.28. The van der Waals surface area contributed by atoms with E-state index in [-0.39, 0.29) is 0 Å². The molecule has 0 heterocycles. The van der Waals surface area contributed by atoms with Gasteiger partial charge in [-0.15, -0.1) is 6.42 Å². The molecule has 2 rings (SSSR count). The minimum atomic E-state index is 0.356. The summed E-state index contributed by atoms with van der Waals surface area (Å²) in [6.07, 6.45) is 5.18. The van der Waals surface area contributed by atoms with Gasteiger partial charge < -0.3 is 4.74 Å². The molecule has 1 heteroatoms. The van der Waals surface area contributed by atoms with Crippen LogP contribution in [0.1, 0.15) is 11.1 Å². The molecule has 18 heavy (non-hydrogen) atoms. The molecule has 0 aromatic heterocycles. The first-order valence-corrected chi connectivity index (χ1v) is 5.98. The smallest absolute Gasteiger partial charge is 0.107 e. The summed E-state index contributed by atoms with van der Waals surface area (Å²) in [5.74, 6) is 2.48. The Kier molecular flexibility index (Phi) is 4.17. The minimum Gasteiger partial charge on any atom is -0.364 e. The summed E-state index contributed by atoms with van der Waals surface area (Å²) < 4.78 is 5.40. The number of hydrogen-bond donors (Lipinski definition) is 0. The van der Waals surface area contributed by atoms with Crippen LogP contribution < -0.4 is 0 Å². The molecule has 0 amide bonds. The highest BCUT2D eigenvalue weighted by molar-refractivity contribution is 5.68. The van der Waals surface area contributed by atoms with Crippen LogP contribution in [0.25, 0.3) is 11.1 Å². The van der Waals surface area contributed by atoms with Crippen LogP contribution in [0.15, 0.2) is 48.5 Å². The Hall–Kier alpha value is -2.04. The van der Waals surface area contributed by atoms with Crippen LogP contribution >= 0.6 is 0 Å². The second kappa shape index (κ2) is 6.05. The van der Waals surface area contributed by atoms with E-state index in [0.717, 1.165) is 0 Å². The van der Waals surface area contributed by atoms with Gasteiger partial charge in [0.2, 0.25) is 0 Å². The van der Waals surface area contributed by atoms with E-state index >= 15 is 0 Å². The summed E-state index contributed by atoms with van der Waals surface area (Å²) in [6, 6.07) is 16.6. The van der Waals surface area contributed by atoms with Crippen LogP contribution in [0.3, 0.4) is 0 Å². The van der Waals surface area contributed by atoms with Gasteiger partial charge in [-0.2, -0.15) is 0 Å². The molecule has 2 aromatic carbocycles. The zero-order chi connectivity index (χ0) is 12.8. The molecule has 0 N–H and O–H groups in total. The van der Waals surface area contributed by atoms with E-state index in [1.165, 1.54) is 22.3 Å². The van der Waals surface area contributed by atoms with E-state index in [1.54, 1.807) is 0 Å². The predicted octanol–water partition coefficient (Wildman–Crippen LogP) is 3.81. The van der Waals surface area contributed by atoms with Crippen molar-refractivity contribution in [3.05, 3.63) is 59.7 Å². The number of rotatable bonds is 4. The molecule has 0 aliphatic carbocycles. The maximum absolute atomic E-state index is 5.40. The van der Waals surface area contributed by atoms with Gasteiger partial charge >= 0.3 is 0 Å². The fourth-order valence-electron chi connectivity index (χ4n) is 1.99. The highest BCUT2D eigenvalue weighted by atomic mass is 16.5. The van der Waals surface area contributed by atoms with Gasteiger partial charge in [0, 0.05) is 0 Å². The fraction of sp³-hybridized carbons (Fsp3) is 0.176. The van der Waals surface area contributed by atoms with Crippen molar-refractivity contribution >= 4 is 0 Å². The SMILES string of the molecule is C#CCOCc1cccc(-c2ccccc2)c1C. The Morgan fingerprint density at radius 3 is 2.56 bits per heavy atom. The van der Waals surface area contributed by atoms with Crippen molar-refractivity contribution in [1.82, 2.24) is 0 Å². The van der Waals surface area contributed by atoms with Gasteiger partial charge in [-0.25, -0.2) is 0 Å². The summed E-state index contributed by atoms with van der Waals surface area (Å²) in [7, 11) is 0. The third kappa shape index (κ3) is 2.80. The summed E-state index contributed by atoms with van der Waals surface area (Å²) in [6.45, 7) is 3.04. The minimum absolute atomic E-state index is 0.356. The standard InChI is InChI=1S/C17H16O/c1-3-12-18-13-16-10-7-11-17(14(16)2)15-8-5-4-6-9-15/h1,4-11H,12-13H2,2H3. The van der Waals surface area contributed by atoms with E-state index < -0.39 is 0 Å². The lowest BCUT2D eigenvalue weighted by atomic mass is 9.97. The number of terminal acetylenes is 1. The van der Waals surface area contributed by atoms with E-state index in [2.05, 4.69) is 55.3 Å². The quantitative estimate of drug-likeness (QED) is 0.579. The molecule has 0 bridgehead atoms. The van der Waals surface area contributed by atoms with Crippen LogP contribution in [0, 0.1) is 19.3 Å². The molecule has 0 saturated carbocycles. The number of benzene rings is 2. The van der Waals surface area contributed by atoms with E-state index in [4.69, 9.17) is 11.2 Å². The third-order valence-electron chi connectivity index (χ3n) is 2.97. The number of hydrogen-bond acceptors (Lipinski definition) is 1. The lowest BCUT2D eigenvalue weighted by Crippen LogP contribution is -1.97. The van der Waals surface area contributed by atoms with E-state index in [9.17, 15) is 0 Å². The normalized spacial score (nSPS) is 10.0. The van der Waals surface area contributed by atoms with Gasteiger partial charge in [-0.3, -0.25) is 0 Å². The van der Waals surface area contributed by atoms with Crippen LogP contribution in [-0.4, -0.2) is 6.61 Å². The lowest BCUT2D eigenvalue weighted by Gasteiger charge is -2.11. The molecule has 0 unspecified atom stereocenters. The first kappa shape index (κ1) is 12.4. The number of ether oxygens (including phenoxy) is 1. The molecule has 0 atom stereocenters. The van der Waals surface area contributed by atoms with Crippen molar-refractivity contribution in [2.45, 2.75) is 13.5 Å². The molecular weight excluding hydrogens is 220 g/mol. The summed E-state index contributed by atoms with van der Waals surface area (Å²) in [4.78, 5) is 0. The molecule has 2 aromatic rings. The van der Waals surface area contributed by atoms with Crippen molar-refractivity contribution in [2.24, 2.45) is 0 Å². The largest absolute Gasteiger partial charge is 0.364 e. The molecule has 0 fully saturated rings. The fourth-order valence-corrected chi connectivity index (χ4v) is 1.99. The lowest BCUT2D eigenvalue weighted by molar-refractivity contribution is 0.153. The summed E-state index contributed by atoms with van der Waals surface area (Å²) >= 11 is 0. The van der Waals surface area contributed by atoms with Crippen LogP contribution in [0.2, 0.25) is 0 Å². The van der Waals surface area contributed by atoms with Crippen molar-refractivity contribution in [2.75, 3.05) is 6.61 Å². The molecule has 0 aliphatic heterocycles. The van der Waals surface area contributed by atoms with Gasteiger partial charge in [0.05, 0.1) is 6.61 Å². The summed E-state index contributed by atoms with van der Waals surface area (Å²) in [5, 5.41) is 0. The molecule has 1 nitrogen and oxygen atoms in total. The first-order valence-electron chi connectivity index (χ1n) is 5.98. The second-order valence-corrected chi connectivity index (χ2v) is 4.15. The molecule has 0 saturated heterocycles. The second-order valence-electron chi connectivity index (χ2n) is 4.15. The van der Waals surface area contributed by atoms with Gasteiger partial charge in [0.1, 0.15) is 6.61 Å². The Morgan fingerprint density at radius 1 is 1.06 bits per heavy atom. The van der Waals surface area contributed by atoms with Crippen molar-refractivity contribution in [1.29, 1.82) is 0 Å². The van der Waals surface area contributed by atoms with Crippen LogP contribution in [0.5, 0.6) is 0 Å². The first-order chi connectivity index (χ1) is 8.83. The summed E-state index contributed by atoms with van der Waals surface area (Å²) in [5.41, 5.74) is 4.92. The average molecular weight is 236 g/mol. The van der Waals surface area contributed by atoms with Crippen molar-refractivity contribution in [3.8, 4) is 23.5 Å². The zero-order valence-corrected chi connectivity index (χ0v) is 10.5. The molecule has 0 spiro atoms. The Labute approximate surface area is 108 Å². The van der Waals surface area contributed by atoms with Gasteiger partial charge in [0.15, 0.2) is 0 Å². The predicted molar refractivity (Wildman–Crippen MR) is 75.1 cm³/mol. The van der Waals surface area contributed by atoms with E-state index in [0.29, 0.717) is 13.2 Å². The van der Waals surface area contributed by atoms with Crippen molar-refractivity contribution in [3.63, 3.8) is 0 Å². The highest BCUT2D eigenvalue weighted by Gasteiger charge is 2.05. The molecule has 0 aliphatic rings. The van der Waals surface area contributed by atoms with Crippen molar-refractivity contribution < 1.29 is 4.74 Å². The molecule has 0 radical (unpaired) electrons. The van der Waals surface area contributed by atoms with E-state index in [1.807, 2.05) is 6.07 Å². The van der Waals surface area contributed by atoms with Crippen LogP contribution in [0.4, 0.5) is 0 Å². The third-order valence-corrected chi connectivity index (χ3v) is 2.97. The van der Waals surface area contributed by atoms with Gasteiger partial charge in [0.25, 0.3) is 0 Å². The van der Waals surface area contributed by atoms with Gasteiger partial charge in [-0.05, 0) is 29.2 Å². The molecular formula is C17H16O. The zero-order valence-electron chi connectivity index (χ0n) is 10.5. The monoisotopic (exact) mass is 236 g/mol. The maximum Gasteiger partial charge on any atom is 0.107 e. The van der Waals surface area contributed by atoms with Crippen LogP contribution in [-0.2, 0) is 11.3 Å². The Morgan fingerprint density at radius 2 is 1.83 bits per heavy atom.